The van der Waals surface area contributed by atoms with E-state index in [0.29, 0.717) is 12.4 Å². The van der Waals surface area contributed by atoms with Gasteiger partial charge in [0.15, 0.2) is 5.82 Å². The fourth-order valence-corrected chi connectivity index (χ4v) is 1.39. The molecule has 0 aliphatic carbocycles. The molecule has 6 nitrogen and oxygen atoms in total. The highest BCUT2D eigenvalue weighted by molar-refractivity contribution is 5.34. The Morgan fingerprint density at radius 1 is 1.50 bits per heavy atom. The first-order valence-electron chi connectivity index (χ1n) is 4.72. The second kappa shape index (κ2) is 4.08. The van der Waals surface area contributed by atoms with Gasteiger partial charge in [-0.15, -0.1) is 5.10 Å². The molecule has 2 aromatic rings. The number of nitrogens with zero attached hydrogens (tertiary/aromatic N) is 5. The molecule has 0 fully saturated rings. The molecule has 0 atom stereocenters. The topological polar surface area (TPSA) is 93.4 Å². The quantitative estimate of drug-likeness (QED) is 0.776. The molecule has 0 saturated carbocycles. The Bertz CT molecular complexity index is 551. The lowest BCUT2D eigenvalue weighted by molar-refractivity contribution is 0.827. The molecule has 2 aromatic heterocycles. The molecule has 0 spiro atoms. The van der Waals surface area contributed by atoms with Gasteiger partial charge < -0.3 is 5.73 Å². The largest absolute Gasteiger partial charge is 0.326 e. The van der Waals surface area contributed by atoms with Crippen LogP contribution in [0.15, 0.2) is 18.6 Å². The first-order valence-corrected chi connectivity index (χ1v) is 4.72. The van der Waals surface area contributed by atoms with Gasteiger partial charge in [-0.1, -0.05) is 0 Å². The molecule has 2 rings (SSSR count). The van der Waals surface area contributed by atoms with Crippen molar-refractivity contribution in [1.82, 2.24) is 19.7 Å². The van der Waals surface area contributed by atoms with Crippen LogP contribution < -0.4 is 5.73 Å². The maximum absolute atomic E-state index is 8.62. The van der Waals surface area contributed by atoms with Crippen LogP contribution in [-0.4, -0.2) is 19.7 Å². The molecule has 0 aliphatic heterocycles. The fourth-order valence-electron chi connectivity index (χ4n) is 1.39. The van der Waals surface area contributed by atoms with E-state index in [-0.39, 0.29) is 5.82 Å². The summed E-state index contributed by atoms with van der Waals surface area (Å²) in [4.78, 5) is 8.06. The van der Waals surface area contributed by atoms with E-state index in [1.165, 1.54) is 11.0 Å². The van der Waals surface area contributed by atoms with Gasteiger partial charge in [0.1, 0.15) is 12.4 Å². The SMILES string of the molecule is Cc1cc(CN)cnc1-n1cnc(C#N)n1. The number of pyridine rings is 1. The van der Waals surface area contributed by atoms with Gasteiger partial charge in [0, 0.05) is 12.7 Å². The van der Waals surface area contributed by atoms with Crippen LogP contribution in [0.25, 0.3) is 5.82 Å². The third-order valence-corrected chi connectivity index (χ3v) is 2.15. The summed E-state index contributed by atoms with van der Waals surface area (Å²) in [5.41, 5.74) is 7.42. The van der Waals surface area contributed by atoms with E-state index in [1.807, 2.05) is 19.1 Å². The number of hydrogen-bond donors (Lipinski definition) is 1. The first kappa shape index (κ1) is 10.3. The average Bonchev–Trinajstić information content (AvgIpc) is 2.77. The Hall–Kier alpha value is -2.26. The van der Waals surface area contributed by atoms with Crippen LogP contribution in [-0.2, 0) is 6.54 Å². The Morgan fingerprint density at radius 3 is 2.88 bits per heavy atom. The highest BCUT2D eigenvalue weighted by Crippen LogP contribution is 2.11. The van der Waals surface area contributed by atoms with Crippen molar-refractivity contribution in [2.24, 2.45) is 5.73 Å². The average molecular weight is 214 g/mol. The third kappa shape index (κ3) is 1.76. The molecular formula is C10H10N6. The lowest BCUT2D eigenvalue weighted by Gasteiger charge is -2.05. The zero-order valence-electron chi connectivity index (χ0n) is 8.75. The second-order valence-electron chi connectivity index (χ2n) is 3.31. The summed E-state index contributed by atoms with van der Waals surface area (Å²) >= 11 is 0. The van der Waals surface area contributed by atoms with Gasteiger partial charge in [-0.3, -0.25) is 0 Å². The predicted octanol–water partition coefficient (Wildman–Crippen LogP) is 0.301. The van der Waals surface area contributed by atoms with Crippen LogP contribution in [0.5, 0.6) is 0 Å². The van der Waals surface area contributed by atoms with Crippen molar-refractivity contribution >= 4 is 0 Å². The molecule has 0 radical (unpaired) electrons. The Labute approximate surface area is 92.4 Å². The van der Waals surface area contributed by atoms with E-state index < -0.39 is 0 Å². The summed E-state index contributed by atoms with van der Waals surface area (Å²) < 4.78 is 1.48. The number of aryl methyl sites for hydroxylation is 1. The maximum atomic E-state index is 8.62. The summed E-state index contributed by atoms with van der Waals surface area (Å²) in [6.07, 6.45) is 3.16. The van der Waals surface area contributed by atoms with Crippen molar-refractivity contribution in [3.05, 3.63) is 35.5 Å². The monoisotopic (exact) mass is 214 g/mol. The van der Waals surface area contributed by atoms with Crippen LogP contribution in [0.1, 0.15) is 17.0 Å². The molecule has 0 aliphatic rings. The molecule has 2 N–H and O–H groups in total. The minimum atomic E-state index is 0.129. The van der Waals surface area contributed by atoms with Crippen LogP contribution in [0.2, 0.25) is 0 Å². The van der Waals surface area contributed by atoms with E-state index in [0.717, 1.165) is 11.1 Å². The Balaban J connectivity index is 2.45. The van der Waals surface area contributed by atoms with Crippen molar-refractivity contribution in [1.29, 1.82) is 5.26 Å². The minimum absolute atomic E-state index is 0.129. The van der Waals surface area contributed by atoms with E-state index in [1.54, 1.807) is 6.20 Å². The number of rotatable bonds is 2. The molecule has 2 heterocycles. The maximum Gasteiger partial charge on any atom is 0.252 e. The summed E-state index contributed by atoms with van der Waals surface area (Å²) in [5.74, 6) is 0.787. The molecule has 0 bridgehead atoms. The van der Waals surface area contributed by atoms with Gasteiger partial charge in [0.05, 0.1) is 0 Å². The smallest absolute Gasteiger partial charge is 0.252 e. The molecule has 80 valence electrons. The number of aromatic nitrogens is 4. The van der Waals surface area contributed by atoms with Gasteiger partial charge in [0.2, 0.25) is 0 Å². The zero-order valence-corrected chi connectivity index (χ0v) is 8.75. The summed E-state index contributed by atoms with van der Waals surface area (Å²) in [5, 5.41) is 12.6. The van der Waals surface area contributed by atoms with Crippen LogP contribution in [0, 0.1) is 18.3 Å². The van der Waals surface area contributed by atoms with Crippen molar-refractivity contribution in [3.8, 4) is 11.9 Å². The standard InChI is InChI=1S/C10H10N6/c1-7-2-8(3-11)5-13-10(7)16-6-14-9(4-12)15-16/h2,5-6H,3,11H2,1H3. The summed E-state index contributed by atoms with van der Waals surface area (Å²) in [6.45, 7) is 2.37. The molecule has 0 aromatic carbocycles. The van der Waals surface area contributed by atoms with Gasteiger partial charge in [-0.05, 0) is 24.1 Å². The molecule has 6 heteroatoms. The zero-order chi connectivity index (χ0) is 11.5. The number of nitrogens with two attached hydrogens (primary N) is 1. The Kier molecular flexibility index (Phi) is 2.62. The summed E-state index contributed by atoms with van der Waals surface area (Å²) in [6, 6.07) is 3.81. The first-order chi connectivity index (χ1) is 7.74. The van der Waals surface area contributed by atoms with Crippen LogP contribution in [0.3, 0.4) is 0 Å². The van der Waals surface area contributed by atoms with Gasteiger partial charge in [0.25, 0.3) is 5.82 Å². The molecule has 0 saturated heterocycles. The van der Waals surface area contributed by atoms with Gasteiger partial charge >= 0.3 is 0 Å². The van der Waals surface area contributed by atoms with Crippen molar-refractivity contribution in [3.63, 3.8) is 0 Å². The number of hydrogen-bond acceptors (Lipinski definition) is 5. The molecule has 0 amide bonds. The van der Waals surface area contributed by atoms with Crippen LogP contribution >= 0.6 is 0 Å². The lowest BCUT2D eigenvalue weighted by Crippen LogP contribution is -2.04. The van der Waals surface area contributed by atoms with Gasteiger partial charge in [-0.2, -0.15) is 5.26 Å². The highest BCUT2D eigenvalue weighted by Gasteiger charge is 2.06. The molecule has 0 unspecified atom stereocenters. The van der Waals surface area contributed by atoms with Crippen molar-refractivity contribution in [2.75, 3.05) is 0 Å². The highest BCUT2D eigenvalue weighted by atomic mass is 15.4. The fraction of sp³-hybridized carbons (Fsp3) is 0.200. The lowest BCUT2D eigenvalue weighted by atomic mass is 10.2. The third-order valence-electron chi connectivity index (χ3n) is 2.15. The van der Waals surface area contributed by atoms with E-state index in [2.05, 4.69) is 15.1 Å². The normalized spacial score (nSPS) is 10.1. The number of nitriles is 1. The summed E-state index contributed by atoms with van der Waals surface area (Å²) in [7, 11) is 0. The Morgan fingerprint density at radius 2 is 2.31 bits per heavy atom. The van der Waals surface area contributed by atoms with E-state index in [9.17, 15) is 0 Å². The van der Waals surface area contributed by atoms with E-state index >= 15 is 0 Å². The molecule has 16 heavy (non-hydrogen) atoms. The second-order valence-corrected chi connectivity index (χ2v) is 3.31. The van der Waals surface area contributed by atoms with Crippen LogP contribution in [0.4, 0.5) is 0 Å². The van der Waals surface area contributed by atoms with Gasteiger partial charge in [-0.25, -0.2) is 14.6 Å². The minimum Gasteiger partial charge on any atom is -0.326 e. The van der Waals surface area contributed by atoms with Crippen molar-refractivity contribution < 1.29 is 0 Å². The van der Waals surface area contributed by atoms with E-state index in [4.69, 9.17) is 11.0 Å². The predicted molar refractivity (Wildman–Crippen MR) is 56.5 cm³/mol. The van der Waals surface area contributed by atoms with Crippen molar-refractivity contribution in [2.45, 2.75) is 13.5 Å². The molecular weight excluding hydrogens is 204 g/mol.